The van der Waals surface area contributed by atoms with Gasteiger partial charge in [0.25, 0.3) is 0 Å². The van der Waals surface area contributed by atoms with Gasteiger partial charge in [0.15, 0.2) is 0 Å². The summed E-state index contributed by atoms with van der Waals surface area (Å²) < 4.78 is 0. The molecule has 0 radical (unpaired) electrons. The van der Waals surface area contributed by atoms with Gasteiger partial charge in [-0.3, -0.25) is 19.6 Å². The van der Waals surface area contributed by atoms with Gasteiger partial charge in [-0.05, 0) is 30.7 Å². The van der Waals surface area contributed by atoms with E-state index in [1.165, 1.54) is 6.20 Å². The van der Waals surface area contributed by atoms with Crippen LogP contribution in [-0.4, -0.2) is 27.0 Å². The van der Waals surface area contributed by atoms with Crippen molar-refractivity contribution in [1.29, 1.82) is 0 Å². The van der Waals surface area contributed by atoms with Gasteiger partial charge in [0.1, 0.15) is 0 Å². The molecule has 0 fully saturated rings. The number of carboxylic acids is 1. The summed E-state index contributed by atoms with van der Waals surface area (Å²) in [7, 11) is 0. The highest BCUT2D eigenvalue weighted by Gasteiger charge is 2.08. The number of rotatable bonds is 5. The maximum Gasteiger partial charge on any atom is 0.309 e. The van der Waals surface area contributed by atoms with Crippen LogP contribution in [0.3, 0.4) is 0 Å². The third-order valence-corrected chi connectivity index (χ3v) is 2.89. The quantitative estimate of drug-likeness (QED) is 0.870. The molecule has 6 nitrogen and oxygen atoms in total. The molecule has 2 rings (SSSR count). The molecule has 2 heterocycles. The fourth-order valence-electron chi connectivity index (χ4n) is 1.82. The lowest BCUT2D eigenvalue weighted by Gasteiger charge is -2.06. The monoisotopic (exact) mass is 285 g/mol. The number of aromatic nitrogens is 2. The molecule has 0 unspecified atom stereocenters. The Bertz CT molecular complexity index is 653. The number of nitrogens with zero attached hydrogens (tertiary/aromatic N) is 2. The standard InChI is InChI=1S/C15H15N3O3/c1-10-3-2-6-16-13(10)8-14(19)18-12-5-4-11(17-9-12)7-15(20)21/h2-6,9H,7-8H2,1H3,(H,18,19)(H,20,21). The minimum absolute atomic E-state index is 0.138. The van der Waals surface area contributed by atoms with E-state index in [0.29, 0.717) is 11.4 Å². The van der Waals surface area contributed by atoms with Gasteiger partial charge in [0, 0.05) is 6.20 Å². The van der Waals surface area contributed by atoms with Crippen molar-refractivity contribution in [2.75, 3.05) is 5.32 Å². The summed E-state index contributed by atoms with van der Waals surface area (Å²) in [5, 5.41) is 11.4. The Labute approximate surface area is 121 Å². The van der Waals surface area contributed by atoms with E-state index >= 15 is 0 Å². The van der Waals surface area contributed by atoms with Crippen molar-refractivity contribution in [3.05, 3.63) is 53.6 Å². The number of pyridine rings is 2. The lowest BCUT2D eigenvalue weighted by Crippen LogP contribution is -2.16. The molecule has 2 aromatic rings. The fraction of sp³-hybridized carbons (Fsp3) is 0.200. The van der Waals surface area contributed by atoms with Crippen molar-refractivity contribution in [1.82, 2.24) is 9.97 Å². The Morgan fingerprint density at radius 2 is 2.00 bits per heavy atom. The Balaban J connectivity index is 1.96. The number of carboxylic acid groups (broad SMARTS) is 1. The molecule has 0 aliphatic carbocycles. The predicted octanol–water partition coefficient (Wildman–Crippen LogP) is 1.59. The molecule has 108 valence electrons. The van der Waals surface area contributed by atoms with Crippen LogP contribution in [0.5, 0.6) is 0 Å². The minimum Gasteiger partial charge on any atom is -0.481 e. The second-order valence-electron chi connectivity index (χ2n) is 4.60. The second kappa shape index (κ2) is 6.60. The first kappa shape index (κ1) is 14.6. The van der Waals surface area contributed by atoms with Crippen LogP contribution < -0.4 is 5.32 Å². The molecular weight excluding hydrogens is 270 g/mol. The summed E-state index contributed by atoms with van der Waals surface area (Å²) in [5.74, 6) is -1.13. The van der Waals surface area contributed by atoms with Crippen LogP contribution in [0.2, 0.25) is 0 Å². The Morgan fingerprint density at radius 3 is 2.62 bits per heavy atom. The van der Waals surface area contributed by atoms with Crippen LogP contribution in [0.15, 0.2) is 36.7 Å². The average molecular weight is 285 g/mol. The van der Waals surface area contributed by atoms with Gasteiger partial charge in [-0.1, -0.05) is 6.07 Å². The van der Waals surface area contributed by atoms with Crippen molar-refractivity contribution in [3.63, 3.8) is 0 Å². The lowest BCUT2D eigenvalue weighted by atomic mass is 10.1. The van der Waals surface area contributed by atoms with Gasteiger partial charge in [0.2, 0.25) is 5.91 Å². The first-order chi connectivity index (χ1) is 10.0. The first-order valence-corrected chi connectivity index (χ1v) is 6.41. The van der Waals surface area contributed by atoms with Crippen LogP contribution in [0, 0.1) is 6.92 Å². The molecule has 0 saturated carbocycles. The normalized spacial score (nSPS) is 10.1. The van der Waals surface area contributed by atoms with E-state index in [2.05, 4.69) is 15.3 Å². The van der Waals surface area contributed by atoms with Crippen LogP contribution in [0.25, 0.3) is 0 Å². The van der Waals surface area contributed by atoms with Crippen molar-refractivity contribution in [2.24, 2.45) is 0 Å². The summed E-state index contributed by atoms with van der Waals surface area (Å²) in [5.41, 5.74) is 2.66. The summed E-state index contributed by atoms with van der Waals surface area (Å²) >= 11 is 0. The number of hydrogen-bond acceptors (Lipinski definition) is 4. The fourth-order valence-corrected chi connectivity index (χ4v) is 1.82. The molecule has 2 aromatic heterocycles. The summed E-state index contributed by atoms with van der Waals surface area (Å²) in [6.45, 7) is 1.90. The summed E-state index contributed by atoms with van der Waals surface area (Å²) in [6.07, 6.45) is 3.14. The number of carbonyl (C=O) groups is 2. The van der Waals surface area contributed by atoms with Gasteiger partial charge in [-0.2, -0.15) is 0 Å². The van der Waals surface area contributed by atoms with Crippen molar-refractivity contribution < 1.29 is 14.7 Å². The molecule has 0 atom stereocenters. The number of anilines is 1. The molecule has 0 spiro atoms. The molecule has 0 aliphatic rings. The summed E-state index contributed by atoms with van der Waals surface area (Å²) in [4.78, 5) is 30.6. The number of aliphatic carboxylic acids is 1. The Hall–Kier alpha value is -2.76. The van der Waals surface area contributed by atoms with Crippen LogP contribution in [0.4, 0.5) is 5.69 Å². The second-order valence-corrected chi connectivity index (χ2v) is 4.60. The number of nitrogens with one attached hydrogen (secondary N) is 1. The van der Waals surface area contributed by atoms with E-state index in [9.17, 15) is 9.59 Å². The number of aryl methyl sites for hydroxylation is 1. The van der Waals surface area contributed by atoms with Gasteiger partial charge in [-0.15, -0.1) is 0 Å². The zero-order valence-electron chi connectivity index (χ0n) is 11.5. The largest absolute Gasteiger partial charge is 0.481 e. The van der Waals surface area contributed by atoms with Crippen molar-refractivity contribution in [3.8, 4) is 0 Å². The SMILES string of the molecule is Cc1cccnc1CC(=O)Nc1ccc(CC(=O)O)nc1. The van der Waals surface area contributed by atoms with E-state index in [1.54, 1.807) is 18.3 Å². The molecule has 0 aromatic carbocycles. The molecule has 0 bridgehead atoms. The average Bonchev–Trinajstić information content (AvgIpc) is 2.43. The van der Waals surface area contributed by atoms with Gasteiger partial charge < -0.3 is 10.4 Å². The molecular formula is C15H15N3O3. The van der Waals surface area contributed by atoms with E-state index in [0.717, 1.165) is 11.3 Å². The number of hydrogen-bond donors (Lipinski definition) is 2. The van der Waals surface area contributed by atoms with Gasteiger partial charge >= 0.3 is 5.97 Å². The number of carbonyl (C=O) groups excluding carboxylic acids is 1. The molecule has 6 heteroatoms. The third-order valence-electron chi connectivity index (χ3n) is 2.89. The Morgan fingerprint density at radius 1 is 1.19 bits per heavy atom. The predicted molar refractivity (Wildman–Crippen MR) is 76.9 cm³/mol. The smallest absolute Gasteiger partial charge is 0.309 e. The topological polar surface area (TPSA) is 92.2 Å². The van der Waals surface area contributed by atoms with Crippen LogP contribution in [-0.2, 0) is 22.4 Å². The zero-order valence-corrected chi connectivity index (χ0v) is 11.5. The maximum atomic E-state index is 11.9. The highest BCUT2D eigenvalue weighted by molar-refractivity contribution is 5.92. The molecule has 0 aliphatic heterocycles. The molecule has 21 heavy (non-hydrogen) atoms. The lowest BCUT2D eigenvalue weighted by molar-refractivity contribution is -0.136. The van der Waals surface area contributed by atoms with E-state index < -0.39 is 5.97 Å². The van der Waals surface area contributed by atoms with Crippen LogP contribution >= 0.6 is 0 Å². The van der Waals surface area contributed by atoms with E-state index in [-0.39, 0.29) is 18.7 Å². The molecule has 0 saturated heterocycles. The highest BCUT2D eigenvalue weighted by Crippen LogP contribution is 2.09. The first-order valence-electron chi connectivity index (χ1n) is 6.41. The zero-order chi connectivity index (χ0) is 15.2. The van der Waals surface area contributed by atoms with Crippen LogP contribution in [0.1, 0.15) is 17.0 Å². The number of amides is 1. The third kappa shape index (κ3) is 4.38. The molecule has 2 N–H and O–H groups in total. The van der Waals surface area contributed by atoms with Crippen molar-refractivity contribution in [2.45, 2.75) is 19.8 Å². The summed E-state index contributed by atoms with van der Waals surface area (Å²) in [6, 6.07) is 6.93. The highest BCUT2D eigenvalue weighted by atomic mass is 16.4. The van der Waals surface area contributed by atoms with Gasteiger partial charge in [-0.25, -0.2) is 0 Å². The molecule has 1 amide bonds. The van der Waals surface area contributed by atoms with Crippen molar-refractivity contribution >= 4 is 17.6 Å². The maximum absolute atomic E-state index is 11.9. The van der Waals surface area contributed by atoms with E-state index in [1.807, 2.05) is 19.1 Å². The minimum atomic E-state index is -0.940. The van der Waals surface area contributed by atoms with Gasteiger partial charge in [0.05, 0.1) is 36.1 Å². The van der Waals surface area contributed by atoms with E-state index in [4.69, 9.17) is 5.11 Å². The Kier molecular flexibility index (Phi) is 4.61.